The minimum atomic E-state index is -1.24. The Morgan fingerprint density at radius 3 is 2.75 bits per heavy atom. The zero-order valence-corrected chi connectivity index (χ0v) is 9.32. The Kier molecular flexibility index (Phi) is 2.31. The molecule has 0 spiro atoms. The van der Waals surface area contributed by atoms with Gasteiger partial charge < -0.3 is 15.2 Å². The fourth-order valence-corrected chi connectivity index (χ4v) is 2.34. The quantitative estimate of drug-likeness (QED) is 0.512. The van der Waals surface area contributed by atoms with Crippen molar-refractivity contribution in [3.8, 4) is 0 Å². The molecule has 1 amide bonds. The molecule has 2 saturated heterocycles. The first-order chi connectivity index (χ1) is 7.39. The van der Waals surface area contributed by atoms with Crippen LogP contribution < -0.4 is 5.32 Å². The van der Waals surface area contributed by atoms with Crippen LogP contribution in [0.4, 0.5) is 0 Å². The van der Waals surface area contributed by atoms with E-state index in [4.69, 9.17) is 4.74 Å². The lowest BCUT2D eigenvalue weighted by Crippen LogP contribution is -2.72. The van der Waals surface area contributed by atoms with Gasteiger partial charge in [0, 0.05) is 0 Å². The van der Waals surface area contributed by atoms with Crippen molar-refractivity contribution < 1.29 is 19.4 Å². The third-order valence-corrected chi connectivity index (χ3v) is 3.29. The van der Waals surface area contributed by atoms with E-state index >= 15 is 0 Å². The number of ether oxygens (including phenoxy) is 1. The first-order valence-electron chi connectivity index (χ1n) is 5.25. The molecule has 4 atom stereocenters. The Labute approximate surface area is 93.5 Å². The molecule has 2 heterocycles. The number of carbonyl (C=O) groups excluding carboxylic acids is 2. The topological polar surface area (TPSA) is 75.6 Å². The molecule has 2 fully saturated rings. The van der Waals surface area contributed by atoms with Gasteiger partial charge in [0.1, 0.15) is 6.10 Å². The predicted octanol–water partition coefficient (Wildman–Crippen LogP) is -0.256. The highest BCUT2D eigenvalue weighted by Gasteiger charge is 2.70. The van der Waals surface area contributed by atoms with Gasteiger partial charge in [-0.15, -0.1) is 6.58 Å². The minimum Gasteiger partial charge on any atom is -0.456 e. The number of nitrogens with one attached hydrogen (secondary N) is 1. The molecule has 0 aromatic rings. The maximum Gasteiger partial charge on any atom is 0.338 e. The fourth-order valence-electron chi connectivity index (χ4n) is 2.34. The van der Waals surface area contributed by atoms with Crippen molar-refractivity contribution >= 4 is 11.9 Å². The largest absolute Gasteiger partial charge is 0.456 e. The monoisotopic (exact) mass is 225 g/mol. The van der Waals surface area contributed by atoms with Gasteiger partial charge >= 0.3 is 5.97 Å². The highest BCUT2D eigenvalue weighted by atomic mass is 16.6. The van der Waals surface area contributed by atoms with E-state index in [9.17, 15) is 14.7 Å². The number of fused-ring (bicyclic) bond motifs is 1. The SMILES string of the molecule is C=C(C)C[C@H](O)[C@]12NC(=O)[C@H](C)[C@@H]1OC2=O. The number of amides is 1. The number of hydrogen-bond donors (Lipinski definition) is 2. The van der Waals surface area contributed by atoms with Crippen molar-refractivity contribution in [2.75, 3.05) is 0 Å². The number of hydrogen-bond acceptors (Lipinski definition) is 4. The van der Waals surface area contributed by atoms with E-state index in [1.807, 2.05) is 0 Å². The van der Waals surface area contributed by atoms with Crippen LogP contribution in [0.15, 0.2) is 12.2 Å². The molecule has 0 bridgehead atoms. The molecule has 16 heavy (non-hydrogen) atoms. The van der Waals surface area contributed by atoms with Crippen molar-refractivity contribution in [2.45, 2.75) is 38.0 Å². The summed E-state index contributed by atoms with van der Waals surface area (Å²) in [4.78, 5) is 23.0. The number of rotatable bonds is 3. The second-order valence-electron chi connectivity index (χ2n) is 4.65. The first-order valence-corrected chi connectivity index (χ1v) is 5.25. The molecule has 88 valence electrons. The van der Waals surface area contributed by atoms with Crippen LogP contribution in [0.3, 0.4) is 0 Å². The molecular formula is C11H15NO4. The van der Waals surface area contributed by atoms with Gasteiger partial charge in [-0.1, -0.05) is 5.57 Å². The summed E-state index contributed by atoms with van der Waals surface area (Å²) in [5.41, 5.74) is -0.482. The lowest BCUT2D eigenvalue weighted by Gasteiger charge is -2.45. The van der Waals surface area contributed by atoms with E-state index in [0.717, 1.165) is 5.57 Å². The Bertz CT molecular complexity index is 378. The summed E-state index contributed by atoms with van der Waals surface area (Å²) in [6, 6.07) is 0. The highest BCUT2D eigenvalue weighted by Crippen LogP contribution is 2.42. The first kappa shape index (κ1) is 11.1. The molecule has 5 heteroatoms. The van der Waals surface area contributed by atoms with Gasteiger partial charge in [0.25, 0.3) is 0 Å². The van der Waals surface area contributed by atoms with Gasteiger partial charge in [-0.05, 0) is 20.3 Å². The molecule has 0 unspecified atom stereocenters. The van der Waals surface area contributed by atoms with Crippen LogP contribution >= 0.6 is 0 Å². The van der Waals surface area contributed by atoms with Crippen molar-refractivity contribution in [1.29, 1.82) is 0 Å². The van der Waals surface area contributed by atoms with Gasteiger partial charge in [-0.25, -0.2) is 4.79 Å². The van der Waals surface area contributed by atoms with E-state index in [0.29, 0.717) is 0 Å². The van der Waals surface area contributed by atoms with Gasteiger partial charge in [-0.3, -0.25) is 4.79 Å². The van der Waals surface area contributed by atoms with Crippen LogP contribution in [0, 0.1) is 5.92 Å². The second-order valence-corrected chi connectivity index (χ2v) is 4.65. The summed E-state index contributed by atoms with van der Waals surface area (Å²) in [5.74, 6) is -1.21. The summed E-state index contributed by atoms with van der Waals surface area (Å²) in [6.45, 7) is 7.13. The summed E-state index contributed by atoms with van der Waals surface area (Å²) in [6.07, 6.45) is -1.24. The smallest absolute Gasteiger partial charge is 0.338 e. The van der Waals surface area contributed by atoms with E-state index in [-0.39, 0.29) is 12.3 Å². The molecule has 2 aliphatic rings. The third kappa shape index (κ3) is 1.21. The number of aliphatic hydroxyl groups is 1. The zero-order valence-electron chi connectivity index (χ0n) is 9.32. The molecule has 2 aliphatic heterocycles. The molecule has 2 N–H and O–H groups in total. The van der Waals surface area contributed by atoms with Crippen LogP contribution in [0.5, 0.6) is 0 Å². The van der Waals surface area contributed by atoms with E-state index < -0.39 is 29.6 Å². The molecule has 0 saturated carbocycles. The summed E-state index contributed by atoms with van der Waals surface area (Å²) >= 11 is 0. The third-order valence-electron chi connectivity index (χ3n) is 3.29. The predicted molar refractivity (Wildman–Crippen MR) is 55.4 cm³/mol. The second kappa shape index (κ2) is 3.31. The molecule has 0 aromatic heterocycles. The summed E-state index contributed by atoms with van der Waals surface area (Å²) < 4.78 is 4.94. The van der Waals surface area contributed by atoms with Gasteiger partial charge in [0.05, 0.1) is 12.0 Å². The average molecular weight is 225 g/mol. The number of carbonyl (C=O) groups is 2. The molecule has 5 nitrogen and oxygen atoms in total. The van der Waals surface area contributed by atoms with Crippen LogP contribution in [0.1, 0.15) is 20.3 Å². The molecule has 0 radical (unpaired) electrons. The standard InChI is InChI=1S/C11H15NO4/c1-5(2)4-7(13)11-8(16-10(11)15)6(3)9(14)12-11/h6-8,13H,1,4H2,2-3H3,(H,12,14)/t6-,7+,8+,11+/m1/s1. The van der Waals surface area contributed by atoms with E-state index in [1.165, 1.54) is 0 Å². The van der Waals surface area contributed by atoms with Crippen molar-refractivity contribution in [1.82, 2.24) is 5.32 Å². The Balaban J connectivity index is 2.26. The minimum absolute atomic E-state index is 0.253. The van der Waals surface area contributed by atoms with Gasteiger partial charge in [0.15, 0.2) is 0 Å². The lowest BCUT2D eigenvalue weighted by molar-refractivity contribution is -0.203. The van der Waals surface area contributed by atoms with Crippen molar-refractivity contribution in [3.63, 3.8) is 0 Å². The maximum atomic E-state index is 11.5. The summed E-state index contributed by atoms with van der Waals surface area (Å²) in [7, 11) is 0. The van der Waals surface area contributed by atoms with Gasteiger partial charge in [0.2, 0.25) is 11.4 Å². The normalized spacial score (nSPS) is 38.2. The van der Waals surface area contributed by atoms with Crippen LogP contribution in [-0.2, 0) is 14.3 Å². The number of esters is 1. The van der Waals surface area contributed by atoms with Crippen molar-refractivity contribution in [3.05, 3.63) is 12.2 Å². The van der Waals surface area contributed by atoms with E-state index in [1.54, 1.807) is 13.8 Å². The van der Waals surface area contributed by atoms with Crippen LogP contribution in [-0.4, -0.2) is 34.7 Å². The van der Waals surface area contributed by atoms with E-state index in [2.05, 4.69) is 11.9 Å². The average Bonchev–Trinajstić information content (AvgIpc) is 2.37. The highest BCUT2D eigenvalue weighted by molar-refractivity contribution is 5.99. The molecule has 0 aromatic carbocycles. The Hall–Kier alpha value is -1.36. The Morgan fingerprint density at radius 2 is 2.31 bits per heavy atom. The summed E-state index contributed by atoms with van der Waals surface area (Å²) in [5, 5.41) is 12.6. The van der Waals surface area contributed by atoms with Gasteiger partial charge in [-0.2, -0.15) is 0 Å². The lowest BCUT2D eigenvalue weighted by atomic mass is 9.78. The van der Waals surface area contributed by atoms with Crippen LogP contribution in [0.25, 0.3) is 0 Å². The Morgan fingerprint density at radius 1 is 1.69 bits per heavy atom. The van der Waals surface area contributed by atoms with Crippen molar-refractivity contribution in [2.24, 2.45) is 5.92 Å². The molecular weight excluding hydrogens is 210 g/mol. The zero-order chi connectivity index (χ0) is 12.1. The fraction of sp³-hybridized carbons (Fsp3) is 0.636. The maximum absolute atomic E-state index is 11.5. The molecule has 0 aliphatic carbocycles. The molecule has 2 rings (SSSR count). The van der Waals surface area contributed by atoms with Crippen LogP contribution in [0.2, 0.25) is 0 Å². The number of aliphatic hydroxyl groups excluding tert-OH is 1.